The Morgan fingerprint density at radius 1 is 1.31 bits per heavy atom. The lowest BCUT2D eigenvalue weighted by molar-refractivity contribution is 0.0196. The van der Waals surface area contributed by atoms with E-state index in [4.69, 9.17) is 0 Å². The van der Waals surface area contributed by atoms with Crippen molar-refractivity contribution >= 4 is 11.8 Å². The summed E-state index contributed by atoms with van der Waals surface area (Å²) in [4.78, 5) is 16.6. The van der Waals surface area contributed by atoms with E-state index in [0.29, 0.717) is 41.4 Å². The number of alkyl halides is 1. The van der Waals surface area contributed by atoms with Gasteiger partial charge in [-0.25, -0.2) is 19.3 Å². The molecule has 29 heavy (non-hydrogen) atoms. The van der Waals surface area contributed by atoms with Crippen molar-refractivity contribution < 1.29 is 9.50 Å². The molecule has 154 valence electrons. The quantitative estimate of drug-likeness (QED) is 0.678. The largest absolute Gasteiger partial charge is 0.390 e. The van der Waals surface area contributed by atoms with Gasteiger partial charge >= 0.3 is 0 Å². The van der Waals surface area contributed by atoms with Crippen LogP contribution in [0.2, 0.25) is 0 Å². The SMILES string of the molecule is CC(C)(F)c1ncncc1CNc1ncc(C#N)c(N[C@H]2CC[C@@](C)(O)CC2)n1. The predicted molar refractivity (Wildman–Crippen MR) is 107 cm³/mol. The number of hydrogen-bond acceptors (Lipinski definition) is 8. The lowest BCUT2D eigenvalue weighted by Crippen LogP contribution is -2.36. The van der Waals surface area contributed by atoms with Gasteiger partial charge in [-0.15, -0.1) is 0 Å². The number of anilines is 2. The summed E-state index contributed by atoms with van der Waals surface area (Å²) in [5.74, 6) is 0.771. The Kier molecular flexibility index (Phi) is 5.94. The van der Waals surface area contributed by atoms with Crippen LogP contribution in [-0.2, 0) is 12.2 Å². The summed E-state index contributed by atoms with van der Waals surface area (Å²) in [5, 5.41) is 25.8. The average Bonchev–Trinajstić information content (AvgIpc) is 2.68. The molecule has 8 nitrogen and oxygen atoms in total. The van der Waals surface area contributed by atoms with Crippen molar-refractivity contribution in [3.8, 4) is 6.07 Å². The molecule has 0 saturated heterocycles. The molecule has 2 aromatic heterocycles. The number of aliphatic hydroxyl groups is 1. The smallest absolute Gasteiger partial charge is 0.224 e. The first-order valence-corrected chi connectivity index (χ1v) is 9.66. The highest BCUT2D eigenvalue weighted by Gasteiger charge is 2.29. The molecule has 3 rings (SSSR count). The first-order valence-electron chi connectivity index (χ1n) is 9.66. The van der Waals surface area contributed by atoms with Gasteiger partial charge in [0.1, 0.15) is 29.4 Å². The summed E-state index contributed by atoms with van der Waals surface area (Å²) in [7, 11) is 0. The Labute approximate surface area is 169 Å². The van der Waals surface area contributed by atoms with Gasteiger partial charge in [0.25, 0.3) is 0 Å². The van der Waals surface area contributed by atoms with Crippen molar-refractivity contribution in [3.05, 3.63) is 35.5 Å². The summed E-state index contributed by atoms with van der Waals surface area (Å²) < 4.78 is 14.4. The summed E-state index contributed by atoms with van der Waals surface area (Å²) in [5.41, 5.74) is -0.964. The standard InChI is InChI=1S/C20H26FN7O/c1-19(2,21)16-14(9-23-12-26-16)11-25-18-24-10-13(8-22)17(28-18)27-15-4-6-20(3,29)7-5-15/h9-10,12,15,29H,4-7,11H2,1-3H3,(H2,24,25,27,28)/t15-,20+. The summed E-state index contributed by atoms with van der Waals surface area (Å²) in [6.07, 6.45) is 7.31. The number of hydrogen-bond donors (Lipinski definition) is 3. The Hall–Kier alpha value is -2.86. The van der Waals surface area contributed by atoms with Crippen molar-refractivity contribution in [2.24, 2.45) is 0 Å². The maximum Gasteiger partial charge on any atom is 0.224 e. The van der Waals surface area contributed by atoms with Crippen LogP contribution in [-0.4, -0.2) is 36.7 Å². The number of nitriles is 1. The molecule has 0 unspecified atom stereocenters. The molecule has 0 aromatic carbocycles. The molecule has 0 bridgehead atoms. The van der Waals surface area contributed by atoms with Crippen molar-refractivity contribution in [1.82, 2.24) is 19.9 Å². The molecule has 0 amide bonds. The lowest BCUT2D eigenvalue weighted by atomic mass is 9.83. The van der Waals surface area contributed by atoms with Gasteiger partial charge in [-0.3, -0.25) is 0 Å². The van der Waals surface area contributed by atoms with Crippen LogP contribution >= 0.6 is 0 Å². The maximum atomic E-state index is 14.4. The van der Waals surface area contributed by atoms with Gasteiger partial charge in [0.2, 0.25) is 5.95 Å². The van der Waals surface area contributed by atoms with E-state index >= 15 is 0 Å². The van der Waals surface area contributed by atoms with Crippen LogP contribution in [0.15, 0.2) is 18.7 Å². The van der Waals surface area contributed by atoms with Crippen LogP contribution in [0, 0.1) is 11.3 Å². The Bertz CT molecular complexity index is 894. The van der Waals surface area contributed by atoms with Crippen molar-refractivity contribution in [3.63, 3.8) is 0 Å². The van der Waals surface area contributed by atoms with E-state index in [9.17, 15) is 14.8 Å². The van der Waals surface area contributed by atoms with E-state index in [2.05, 4.69) is 36.6 Å². The highest BCUT2D eigenvalue weighted by Crippen LogP contribution is 2.30. The van der Waals surface area contributed by atoms with Crippen LogP contribution in [0.1, 0.15) is 63.3 Å². The topological polar surface area (TPSA) is 120 Å². The predicted octanol–water partition coefficient (Wildman–Crippen LogP) is 3.06. The molecule has 3 N–H and O–H groups in total. The fourth-order valence-corrected chi connectivity index (χ4v) is 3.43. The number of nitrogens with one attached hydrogen (secondary N) is 2. The Morgan fingerprint density at radius 2 is 2.03 bits per heavy atom. The zero-order chi connectivity index (χ0) is 21.1. The zero-order valence-electron chi connectivity index (χ0n) is 16.9. The molecule has 0 atom stereocenters. The molecule has 0 spiro atoms. The summed E-state index contributed by atoms with van der Waals surface area (Å²) in [6, 6.07) is 2.23. The van der Waals surface area contributed by atoms with Gasteiger partial charge in [0.15, 0.2) is 0 Å². The normalized spacial score (nSPS) is 22.0. The van der Waals surface area contributed by atoms with Crippen LogP contribution < -0.4 is 10.6 Å². The Morgan fingerprint density at radius 3 is 2.69 bits per heavy atom. The van der Waals surface area contributed by atoms with Crippen molar-refractivity contribution in [2.45, 2.75) is 70.3 Å². The molecular weight excluding hydrogens is 373 g/mol. The van der Waals surface area contributed by atoms with Gasteiger partial charge in [0, 0.05) is 24.3 Å². The number of aromatic nitrogens is 4. The molecule has 2 heterocycles. The minimum atomic E-state index is -1.60. The third-order valence-corrected chi connectivity index (χ3v) is 5.10. The lowest BCUT2D eigenvalue weighted by Gasteiger charge is -2.33. The van der Waals surface area contributed by atoms with E-state index in [1.54, 1.807) is 6.20 Å². The van der Waals surface area contributed by atoms with E-state index in [-0.39, 0.29) is 12.6 Å². The molecule has 0 radical (unpaired) electrons. The second kappa shape index (κ2) is 8.25. The summed E-state index contributed by atoms with van der Waals surface area (Å²) in [6.45, 7) is 4.99. The second-order valence-electron chi connectivity index (χ2n) is 8.21. The van der Waals surface area contributed by atoms with Gasteiger partial charge in [-0.1, -0.05) is 0 Å². The Balaban J connectivity index is 1.72. The monoisotopic (exact) mass is 399 g/mol. The van der Waals surface area contributed by atoms with E-state index in [0.717, 1.165) is 12.8 Å². The molecular formula is C20H26FN7O. The number of halogens is 1. The minimum Gasteiger partial charge on any atom is -0.390 e. The highest BCUT2D eigenvalue weighted by atomic mass is 19.1. The fraction of sp³-hybridized carbons (Fsp3) is 0.550. The first-order chi connectivity index (χ1) is 13.7. The van der Waals surface area contributed by atoms with E-state index < -0.39 is 11.3 Å². The number of rotatable bonds is 6. The molecule has 0 aliphatic heterocycles. The molecule has 1 fully saturated rings. The fourth-order valence-electron chi connectivity index (χ4n) is 3.43. The minimum absolute atomic E-state index is 0.131. The van der Waals surface area contributed by atoms with Crippen LogP contribution in [0.3, 0.4) is 0 Å². The van der Waals surface area contributed by atoms with Crippen LogP contribution in [0.4, 0.5) is 16.2 Å². The molecule has 2 aromatic rings. The number of nitrogens with zero attached hydrogens (tertiary/aromatic N) is 5. The molecule has 1 aliphatic carbocycles. The van der Waals surface area contributed by atoms with Crippen LogP contribution in [0.5, 0.6) is 0 Å². The second-order valence-corrected chi connectivity index (χ2v) is 8.21. The first kappa shape index (κ1) is 20.9. The molecule has 1 aliphatic rings. The summed E-state index contributed by atoms with van der Waals surface area (Å²) >= 11 is 0. The van der Waals surface area contributed by atoms with E-state index in [1.165, 1.54) is 26.4 Å². The van der Waals surface area contributed by atoms with Crippen molar-refractivity contribution in [1.29, 1.82) is 5.26 Å². The third kappa shape index (κ3) is 5.35. The van der Waals surface area contributed by atoms with Gasteiger partial charge < -0.3 is 15.7 Å². The zero-order valence-corrected chi connectivity index (χ0v) is 16.9. The average molecular weight is 399 g/mol. The highest BCUT2D eigenvalue weighted by molar-refractivity contribution is 5.54. The molecule has 9 heteroatoms. The van der Waals surface area contributed by atoms with Gasteiger partial charge in [-0.05, 0) is 46.5 Å². The van der Waals surface area contributed by atoms with Crippen LogP contribution in [0.25, 0.3) is 0 Å². The van der Waals surface area contributed by atoms with Gasteiger partial charge in [-0.2, -0.15) is 10.2 Å². The van der Waals surface area contributed by atoms with E-state index in [1.807, 2.05) is 6.92 Å². The maximum absolute atomic E-state index is 14.4. The molecule has 1 saturated carbocycles. The third-order valence-electron chi connectivity index (χ3n) is 5.10. The van der Waals surface area contributed by atoms with Crippen molar-refractivity contribution in [2.75, 3.05) is 10.6 Å². The van der Waals surface area contributed by atoms with Gasteiger partial charge in [0.05, 0.1) is 17.5 Å².